The third-order valence-corrected chi connectivity index (χ3v) is 12.9. The van der Waals surface area contributed by atoms with Gasteiger partial charge in [0.05, 0.1) is 5.69 Å². The molecule has 1 aliphatic carbocycles. The fraction of sp³-hybridized carbons (Fsp3) is 0.318. The van der Waals surface area contributed by atoms with Crippen LogP contribution >= 0.6 is 11.3 Å². The Balaban J connectivity index is 1.38. The highest BCUT2D eigenvalue weighted by molar-refractivity contribution is 7.32. The van der Waals surface area contributed by atoms with Crippen LogP contribution in [0.2, 0.25) is 0 Å². The Morgan fingerprint density at radius 2 is 1.46 bits per heavy atom. The van der Waals surface area contributed by atoms with Gasteiger partial charge in [-0.25, -0.2) is 0 Å². The van der Waals surface area contributed by atoms with E-state index in [1.807, 2.05) is 11.3 Å². The van der Waals surface area contributed by atoms with E-state index in [-0.39, 0.29) is 23.0 Å². The molecule has 0 radical (unpaired) electrons. The van der Waals surface area contributed by atoms with Crippen molar-refractivity contribution in [2.45, 2.75) is 85.0 Å². The number of rotatable bonds is 1. The predicted octanol–water partition coefficient (Wildman–Crippen LogP) is 10.7. The smallest absolute Gasteiger partial charge is 0.264 e. The lowest BCUT2D eigenvalue weighted by Gasteiger charge is -2.55. The van der Waals surface area contributed by atoms with Gasteiger partial charge in [-0.1, -0.05) is 122 Å². The standard InChI is InChI=1S/C44H45BN2S/c1-26-14-21-35-33(24-26)45-38-36(23-20-31-40(38)47(35)34-22-17-28(43(5,6)7)25-32(34)44(31,8)9)46(29-18-15-27(16-19-29)42(2,3)4)39-30-12-10-11-13-37(30)48-41(39)45/h10-19,21-25,31H,20H2,1-9H3. The van der Waals surface area contributed by atoms with E-state index in [2.05, 4.69) is 163 Å². The molecule has 4 aliphatic rings. The monoisotopic (exact) mass is 644 g/mol. The minimum Gasteiger partial charge on any atom is -0.315 e. The second kappa shape index (κ2) is 9.79. The first-order chi connectivity index (χ1) is 22.7. The summed E-state index contributed by atoms with van der Waals surface area (Å²) < 4.78 is 2.83. The second-order valence-electron chi connectivity index (χ2n) is 17.2. The maximum Gasteiger partial charge on any atom is 0.264 e. The van der Waals surface area contributed by atoms with Crippen molar-refractivity contribution in [3.8, 4) is 0 Å². The Morgan fingerprint density at radius 3 is 2.19 bits per heavy atom. The third kappa shape index (κ3) is 4.05. The summed E-state index contributed by atoms with van der Waals surface area (Å²) in [6.45, 7) is 21.4. The van der Waals surface area contributed by atoms with Gasteiger partial charge in [0.2, 0.25) is 0 Å². The average molecular weight is 645 g/mol. The molecule has 1 unspecified atom stereocenters. The van der Waals surface area contributed by atoms with Crippen molar-refractivity contribution in [1.82, 2.24) is 0 Å². The van der Waals surface area contributed by atoms with Gasteiger partial charge in [0, 0.05) is 54.7 Å². The van der Waals surface area contributed by atoms with Gasteiger partial charge in [0.1, 0.15) is 0 Å². The van der Waals surface area contributed by atoms with E-state index in [0.717, 1.165) is 6.42 Å². The van der Waals surface area contributed by atoms with E-state index in [1.165, 1.54) is 82.2 Å². The Bertz CT molecular complexity index is 2230. The molecule has 1 aromatic heterocycles. The zero-order chi connectivity index (χ0) is 33.5. The molecular weight excluding hydrogens is 599 g/mol. The molecule has 4 aromatic carbocycles. The maximum absolute atomic E-state index is 2.69. The lowest BCUT2D eigenvalue weighted by Crippen LogP contribution is -2.59. The number of nitrogens with zero attached hydrogens (tertiary/aromatic N) is 2. The van der Waals surface area contributed by atoms with E-state index < -0.39 is 0 Å². The first kappa shape index (κ1) is 30.1. The molecule has 2 nitrogen and oxygen atoms in total. The molecule has 0 saturated carbocycles. The third-order valence-electron chi connectivity index (χ3n) is 11.7. The van der Waals surface area contributed by atoms with E-state index in [0.29, 0.717) is 5.92 Å². The quantitative estimate of drug-likeness (QED) is 0.168. The van der Waals surface area contributed by atoms with Crippen LogP contribution in [-0.2, 0) is 16.2 Å². The normalized spacial score (nSPS) is 19.1. The van der Waals surface area contributed by atoms with Crippen molar-refractivity contribution in [2.75, 3.05) is 9.80 Å². The van der Waals surface area contributed by atoms with E-state index in [4.69, 9.17) is 0 Å². The summed E-state index contributed by atoms with van der Waals surface area (Å²) in [7, 11) is 0. The summed E-state index contributed by atoms with van der Waals surface area (Å²) in [5, 5.41) is 1.35. The molecule has 1 atom stereocenters. The Labute approximate surface area is 290 Å². The topological polar surface area (TPSA) is 6.48 Å². The summed E-state index contributed by atoms with van der Waals surface area (Å²) >= 11 is 2.00. The number of anilines is 4. The number of aryl methyl sites for hydroxylation is 1. The molecule has 9 rings (SSSR count). The average Bonchev–Trinajstić information content (AvgIpc) is 3.42. The van der Waals surface area contributed by atoms with Crippen LogP contribution < -0.4 is 20.0 Å². The minimum atomic E-state index is -0.0240. The van der Waals surface area contributed by atoms with Crippen LogP contribution in [0.15, 0.2) is 108 Å². The SMILES string of the molecule is Cc1ccc2c(c1)B1C3=C4C(CC=C3N(c3ccc(C(C)(C)C)cc3)c3c1sc1ccccc31)C(C)(C)c1cc(C(C)(C)C)ccc1N42. The van der Waals surface area contributed by atoms with Gasteiger partial charge in [-0.15, -0.1) is 11.3 Å². The predicted molar refractivity (Wildman–Crippen MR) is 209 cm³/mol. The van der Waals surface area contributed by atoms with E-state index in [9.17, 15) is 0 Å². The zero-order valence-electron chi connectivity index (χ0n) is 29.8. The van der Waals surface area contributed by atoms with Gasteiger partial charge in [-0.2, -0.15) is 0 Å². The lowest BCUT2D eigenvalue weighted by atomic mass is 9.33. The fourth-order valence-electron chi connectivity index (χ4n) is 8.99. The largest absolute Gasteiger partial charge is 0.315 e. The highest BCUT2D eigenvalue weighted by atomic mass is 32.1. The van der Waals surface area contributed by atoms with Crippen LogP contribution in [0.5, 0.6) is 0 Å². The van der Waals surface area contributed by atoms with Crippen LogP contribution in [0.3, 0.4) is 0 Å². The van der Waals surface area contributed by atoms with Crippen LogP contribution in [0.1, 0.15) is 84.1 Å². The molecule has 48 heavy (non-hydrogen) atoms. The van der Waals surface area contributed by atoms with Crippen molar-refractivity contribution in [2.24, 2.45) is 5.92 Å². The first-order valence-electron chi connectivity index (χ1n) is 17.7. The summed E-state index contributed by atoms with van der Waals surface area (Å²) in [4.78, 5) is 5.31. The second-order valence-corrected chi connectivity index (χ2v) is 18.2. The molecule has 4 heteroatoms. The Hall–Kier alpha value is -4.02. The molecule has 4 heterocycles. The van der Waals surface area contributed by atoms with Crippen LogP contribution in [0.4, 0.5) is 22.7 Å². The minimum absolute atomic E-state index is 0.0240. The summed E-state index contributed by atoms with van der Waals surface area (Å²) in [5.41, 5.74) is 16.9. The summed E-state index contributed by atoms with van der Waals surface area (Å²) in [6.07, 6.45) is 3.61. The molecule has 0 spiro atoms. The highest BCUT2D eigenvalue weighted by Gasteiger charge is 2.54. The van der Waals surface area contributed by atoms with Gasteiger partial charge < -0.3 is 9.80 Å². The molecule has 0 bridgehead atoms. The molecule has 0 saturated heterocycles. The van der Waals surface area contributed by atoms with Gasteiger partial charge in [0.15, 0.2) is 0 Å². The Kier molecular flexibility index (Phi) is 6.13. The fourth-order valence-corrected chi connectivity index (χ4v) is 10.3. The van der Waals surface area contributed by atoms with Crippen molar-refractivity contribution < 1.29 is 0 Å². The zero-order valence-corrected chi connectivity index (χ0v) is 30.6. The summed E-state index contributed by atoms with van der Waals surface area (Å²) in [6, 6.07) is 33.0. The summed E-state index contributed by atoms with van der Waals surface area (Å²) in [5.74, 6) is 0.372. The Morgan fingerprint density at radius 1 is 0.771 bits per heavy atom. The van der Waals surface area contributed by atoms with Crippen LogP contribution in [-0.4, -0.2) is 6.71 Å². The number of benzene rings is 4. The highest BCUT2D eigenvalue weighted by Crippen LogP contribution is 2.59. The van der Waals surface area contributed by atoms with Gasteiger partial charge >= 0.3 is 0 Å². The van der Waals surface area contributed by atoms with Crippen molar-refractivity contribution in [3.05, 3.63) is 130 Å². The molecular formula is C44H45BN2S. The molecule has 0 N–H and O–H groups in total. The molecule has 0 fully saturated rings. The maximum atomic E-state index is 2.69. The number of thiophene rings is 1. The first-order valence-corrected chi connectivity index (χ1v) is 18.5. The molecule has 5 aromatic rings. The lowest BCUT2D eigenvalue weighted by molar-refractivity contribution is 0.346. The molecule has 0 amide bonds. The number of allylic oxidation sites excluding steroid dienone is 3. The molecule has 3 aliphatic heterocycles. The van der Waals surface area contributed by atoms with Crippen molar-refractivity contribution in [1.29, 1.82) is 0 Å². The van der Waals surface area contributed by atoms with Crippen LogP contribution in [0, 0.1) is 12.8 Å². The van der Waals surface area contributed by atoms with Gasteiger partial charge in [-0.3, -0.25) is 0 Å². The number of fused-ring (bicyclic) bond motifs is 9. The van der Waals surface area contributed by atoms with Crippen LogP contribution in [0.25, 0.3) is 10.1 Å². The molecule has 240 valence electrons. The van der Waals surface area contributed by atoms with Gasteiger partial charge in [-0.05, 0) is 82.1 Å². The number of hydrogen-bond acceptors (Lipinski definition) is 3. The van der Waals surface area contributed by atoms with E-state index in [1.54, 1.807) is 0 Å². The van der Waals surface area contributed by atoms with E-state index >= 15 is 0 Å². The van der Waals surface area contributed by atoms with Crippen molar-refractivity contribution >= 4 is 61.1 Å². The van der Waals surface area contributed by atoms with Crippen molar-refractivity contribution in [3.63, 3.8) is 0 Å². The van der Waals surface area contributed by atoms with Gasteiger partial charge in [0.25, 0.3) is 6.71 Å². The number of hydrogen-bond donors (Lipinski definition) is 0.